The van der Waals surface area contributed by atoms with E-state index in [-0.39, 0.29) is 30.2 Å². The predicted octanol–water partition coefficient (Wildman–Crippen LogP) is 1.57. The summed E-state index contributed by atoms with van der Waals surface area (Å²) in [7, 11) is 2.94. The number of imidazole rings is 1. The van der Waals surface area contributed by atoms with Gasteiger partial charge in [-0.3, -0.25) is 18.7 Å². The fourth-order valence-corrected chi connectivity index (χ4v) is 3.35. The van der Waals surface area contributed by atoms with E-state index < -0.39 is 11.2 Å². The van der Waals surface area contributed by atoms with Crippen molar-refractivity contribution in [2.75, 3.05) is 4.90 Å². The highest BCUT2D eigenvalue weighted by Crippen LogP contribution is 2.20. The molecular formula is C21H21N5O4. The minimum absolute atomic E-state index is 0.113. The first kappa shape index (κ1) is 19.4. The van der Waals surface area contributed by atoms with Crippen molar-refractivity contribution in [1.82, 2.24) is 18.7 Å². The molecule has 0 aliphatic rings. The van der Waals surface area contributed by atoms with Crippen molar-refractivity contribution in [3.05, 3.63) is 81.2 Å². The molecule has 0 aliphatic heterocycles. The summed E-state index contributed by atoms with van der Waals surface area (Å²) in [6.07, 6.45) is 2.96. The Morgan fingerprint density at radius 3 is 2.50 bits per heavy atom. The van der Waals surface area contributed by atoms with E-state index in [1.807, 2.05) is 31.2 Å². The number of amides is 1. The summed E-state index contributed by atoms with van der Waals surface area (Å²) in [5.74, 6) is 0.392. The lowest BCUT2D eigenvalue weighted by Gasteiger charge is -2.22. The maximum atomic E-state index is 13.3. The smallest absolute Gasteiger partial charge is 0.332 e. The minimum Gasteiger partial charge on any atom is -0.467 e. The zero-order valence-electron chi connectivity index (χ0n) is 16.9. The number of rotatable bonds is 5. The van der Waals surface area contributed by atoms with Gasteiger partial charge in [-0.05, 0) is 31.2 Å². The molecule has 0 atom stereocenters. The normalized spacial score (nSPS) is 11.2. The highest BCUT2D eigenvalue weighted by molar-refractivity contribution is 5.93. The van der Waals surface area contributed by atoms with Crippen LogP contribution in [-0.2, 0) is 32.0 Å². The molecule has 0 unspecified atom stereocenters. The first-order valence-electron chi connectivity index (χ1n) is 9.37. The van der Waals surface area contributed by atoms with Gasteiger partial charge in [0.1, 0.15) is 12.3 Å². The standard InChI is InChI=1S/C21H21N5O4/c1-14-6-8-15(9-7-14)26(11-16-5-4-10-30-16)17(27)12-25-13-22-19-18(25)20(28)24(3)21(29)23(19)2/h4-10,13H,11-12H2,1-3H3. The Hall–Kier alpha value is -3.88. The van der Waals surface area contributed by atoms with Gasteiger partial charge in [0.2, 0.25) is 5.91 Å². The second kappa shape index (κ2) is 7.51. The van der Waals surface area contributed by atoms with E-state index >= 15 is 0 Å². The molecule has 0 bridgehead atoms. The highest BCUT2D eigenvalue weighted by Gasteiger charge is 2.21. The number of fused-ring (bicyclic) bond motifs is 1. The number of carbonyl (C=O) groups excluding carboxylic acids is 1. The molecule has 0 saturated carbocycles. The molecule has 0 fully saturated rings. The molecule has 3 aromatic heterocycles. The fourth-order valence-electron chi connectivity index (χ4n) is 3.35. The Labute approximate surface area is 171 Å². The number of anilines is 1. The van der Waals surface area contributed by atoms with Gasteiger partial charge in [-0.15, -0.1) is 0 Å². The molecule has 4 rings (SSSR count). The molecule has 0 aliphatic carbocycles. The van der Waals surface area contributed by atoms with Crippen molar-refractivity contribution in [3.8, 4) is 0 Å². The topological polar surface area (TPSA) is 95.3 Å². The molecule has 0 N–H and O–H groups in total. The van der Waals surface area contributed by atoms with Crippen LogP contribution >= 0.6 is 0 Å². The number of benzene rings is 1. The second-order valence-electron chi connectivity index (χ2n) is 7.15. The Morgan fingerprint density at radius 1 is 1.10 bits per heavy atom. The first-order chi connectivity index (χ1) is 14.4. The Kier molecular flexibility index (Phi) is 4.86. The van der Waals surface area contributed by atoms with Crippen LogP contribution in [0.5, 0.6) is 0 Å². The highest BCUT2D eigenvalue weighted by atomic mass is 16.3. The van der Waals surface area contributed by atoms with Crippen LogP contribution in [0, 0.1) is 6.92 Å². The lowest BCUT2D eigenvalue weighted by Crippen LogP contribution is -2.38. The van der Waals surface area contributed by atoms with Crippen molar-refractivity contribution in [2.45, 2.75) is 20.0 Å². The second-order valence-corrected chi connectivity index (χ2v) is 7.15. The summed E-state index contributed by atoms with van der Waals surface area (Å²) in [6.45, 7) is 2.11. The van der Waals surface area contributed by atoms with E-state index in [0.717, 1.165) is 10.1 Å². The van der Waals surface area contributed by atoms with Gasteiger partial charge < -0.3 is 13.9 Å². The molecule has 0 radical (unpaired) electrons. The largest absolute Gasteiger partial charge is 0.467 e. The SMILES string of the molecule is Cc1ccc(N(Cc2ccco2)C(=O)Cn2cnc3c2c(=O)n(C)c(=O)n3C)cc1. The van der Waals surface area contributed by atoms with Gasteiger partial charge in [-0.1, -0.05) is 17.7 Å². The Bertz CT molecular complexity index is 1330. The monoisotopic (exact) mass is 407 g/mol. The molecule has 30 heavy (non-hydrogen) atoms. The third kappa shape index (κ3) is 3.34. The number of nitrogens with zero attached hydrogens (tertiary/aromatic N) is 5. The van der Waals surface area contributed by atoms with Crippen molar-refractivity contribution in [3.63, 3.8) is 0 Å². The molecule has 3 heterocycles. The van der Waals surface area contributed by atoms with Crippen LogP contribution in [0.25, 0.3) is 11.2 Å². The molecule has 0 spiro atoms. The summed E-state index contributed by atoms with van der Waals surface area (Å²) in [6, 6.07) is 11.1. The Balaban J connectivity index is 1.73. The zero-order chi connectivity index (χ0) is 21.4. The van der Waals surface area contributed by atoms with Crippen molar-refractivity contribution in [2.24, 2.45) is 14.1 Å². The maximum Gasteiger partial charge on any atom is 0.332 e. The summed E-state index contributed by atoms with van der Waals surface area (Å²) in [4.78, 5) is 43.8. The molecule has 4 aromatic rings. The molecule has 9 heteroatoms. The first-order valence-corrected chi connectivity index (χ1v) is 9.37. The van der Waals surface area contributed by atoms with Crippen LogP contribution in [0.15, 0.2) is 63.0 Å². The number of aromatic nitrogens is 4. The zero-order valence-corrected chi connectivity index (χ0v) is 16.9. The lowest BCUT2D eigenvalue weighted by molar-refractivity contribution is -0.119. The van der Waals surface area contributed by atoms with Crippen LogP contribution in [0.4, 0.5) is 5.69 Å². The van der Waals surface area contributed by atoms with Gasteiger partial charge in [-0.2, -0.15) is 0 Å². The van der Waals surface area contributed by atoms with Crippen LogP contribution < -0.4 is 16.1 Å². The third-order valence-corrected chi connectivity index (χ3v) is 5.06. The minimum atomic E-state index is -0.494. The van der Waals surface area contributed by atoms with E-state index in [1.54, 1.807) is 30.3 Å². The van der Waals surface area contributed by atoms with Gasteiger partial charge in [0.05, 0.1) is 19.1 Å². The predicted molar refractivity (Wildman–Crippen MR) is 111 cm³/mol. The molecule has 9 nitrogen and oxygen atoms in total. The number of hydrogen-bond donors (Lipinski definition) is 0. The van der Waals surface area contributed by atoms with Crippen molar-refractivity contribution in [1.29, 1.82) is 0 Å². The Morgan fingerprint density at radius 2 is 1.83 bits per heavy atom. The maximum absolute atomic E-state index is 13.3. The van der Waals surface area contributed by atoms with Gasteiger partial charge in [0.15, 0.2) is 11.2 Å². The molecular weight excluding hydrogens is 386 g/mol. The van der Waals surface area contributed by atoms with Crippen LogP contribution in [0.2, 0.25) is 0 Å². The molecule has 1 aromatic carbocycles. The van der Waals surface area contributed by atoms with Crippen LogP contribution in [0.3, 0.4) is 0 Å². The lowest BCUT2D eigenvalue weighted by atomic mass is 10.2. The quantitative estimate of drug-likeness (QED) is 0.500. The summed E-state index contributed by atoms with van der Waals surface area (Å²) in [5.41, 5.74) is 1.27. The molecule has 0 saturated heterocycles. The average molecular weight is 407 g/mol. The summed E-state index contributed by atoms with van der Waals surface area (Å²) < 4.78 is 9.19. The van der Waals surface area contributed by atoms with E-state index in [0.29, 0.717) is 11.4 Å². The van der Waals surface area contributed by atoms with E-state index in [1.165, 1.54) is 22.5 Å². The third-order valence-electron chi connectivity index (χ3n) is 5.06. The summed E-state index contributed by atoms with van der Waals surface area (Å²) >= 11 is 0. The van der Waals surface area contributed by atoms with Crippen molar-refractivity contribution >= 4 is 22.8 Å². The average Bonchev–Trinajstić information content (AvgIpc) is 3.39. The molecule has 154 valence electrons. The number of aryl methyl sites for hydroxylation is 2. The summed E-state index contributed by atoms with van der Waals surface area (Å²) in [5, 5.41) is 0. The van der Waals surface area contributed by atoms with Gasteiger partial charge in [-0.25, -0.2) is 9.78 Å². The van der Waals surface area contributed by atoms with Gasteiger partial charge in [0.25, 0.3) is 5.56 Å². The molecule has 1 amide bonds. The van der Waals surface area contributed by atoms with Gasteiger partial charge >= 0.3 is 5.69 Å². The number of furan rings is 1. The van der Waals surface area contributed by atoms with Crippen molar-refractivity contribution < 1.29 is 9.21 Å². The van der Waals surface area contributed by atoms with Crippen LogP contribution in [0.1, 0.15) is 11.3 Å². The van der Waals surface area contributed by atoms with E-state index in [9.17, 15) is 14.4 Å². The van der Waals surface area contributed by atoms with Crippen LogP contribution in [-0.4, -0.2) is 24.6 Å². The fraction of sp³-hybridized carbons (Fsp3) is 0.238. The number of hydrogen-bond acceptors (Lipinski definition) is 5. The van der Waals surface area contributed by atoms with E-state index in [4.69, 9.17) is 4.42 Å². The van der Waals surface area contributed by atoms with Gasteiger partial charge in [0, 0.05) is 19.8 Å². The van der Waals surface area contributed by atoms with E-state index in [2.05, 4.69) is 4.98 Å². The number of carbonyl (C=O) groups is 1.